The van der Waals surface area contributed by atoms with Crippen LogP contribution in [0.2, 0.25) is 0 Å². The average molecular weight is 313 g/mol. The molecule has 5 heteroatoms. The lowest BCUT2D eigenvalue weighted by atomic mass is 9.93. The van der Waals surface area contributed by atoms with Gasteiger partial charge in [0.1, 0.15) is 0 Å². The van der Waals surface area contributed by atoms with Crippen LogP contribution in [0.5, 0.6) is 0 Å². The van der Waals surface area contributed by atoms with Crippen LogP contribution in [0.3, 0.4) is 0 Å². The van der Waals surface area contributed by atoms with E-state index in [0.717, 1.165) is 36.0 Å². The fraction of sp³-hybridized carbons (Fsp3) is 0.444. The zero-order valence-corrected chi connectivity index (χ0v) is 13.6. The number of rotatable bonds is 3. The van der Waals surface area contributed by atoms with E-state index < -0.39 is 0 Å². The van der Waals surface area contributed by atoms with Gasteiger partial charge in [0.25, 0.3) is 5.56 Å². The second kappa shape index (κ2) is 6.54. The van der Waals surface area contributed by atoms with Crippen LogP contribution in [0.4, 0.5) is 0 Å². The van der Waals surface area contributed by atoms with Crippen molar-refractivity contribution < 1.29 is 4.79 Å². The Morgan fingerprint density at radius 2 is 2.17 bits per heavy atom. The number of para-hydroxylation sites is 1. The molecule has 3 rings (SSSR count). The Morgan fingerprint density at radius 1 is 1.39 bits per heavy atom. The highest BCUT2D eigenvalue weighted by Crippen LogP contribution is 2.17. The van der Waals surface area contributed by atoms with Crippen LogP contribution >= 0.6 is 0 Å². The standard InChI is InChI=1S/C18H23N3O2/c1-12-11-21(13(2)22)8-7-16(12)19-10-15-9-14-5-3-4-6-17(14)20-18(15)23/h3-6,9,12,16,19H,7-8,10-11H2,1-2H3,(H,20,23). The van der Waals surface area contributed by atoms with E-state index in [-0.39, 0.29) is 11.5 Å². The lowest BCUT2D eigenvalue weighted by Gasteiger charge is -2.37. The van der Waals surface area contributed by atoms with E-state index in [9.17, 15) is 9.59 Å². The summed E-state index contributed by atoms with van der Waals surface area (Å²) in [6.45, 7) is 5.88. The van der Waals surface area contributed by atoms with E-state index in [1.54, 1.807) is 6.92 Å². The molecule has 2 atom stereocenters. The molecule has 1 aromatic heterocycles. The molecule has 2 heterocycles. The highest BCUT2D eigenvalue weighted by atomic mass is 16.2. The number of carbonyl (C=O) groups excluding carboxylic acids is 1. The molecule has 23 heavy (non-hydrogen) atoms. The summed E-state index contributed by atoms with van der Waals surface area (Å²) in [5.41, 5.74) is 1.58. The maximum Gasteiger partial charge on any atom is 0.252 e. The minimum atomic E-state index is -0.0370. The first-order chi connectivity index (χ1) is 11.0. The number of fused-ring (bicyclic) bond motifs is 1. The molecule has 2 N–H and O–H groups in total. The van der Waals surface area contributed by atoms with Crippen molar-refractivity contribution >= 4 is 16.8 Å². The number of aromatic amines is 1. The number of H-pyrrole nitrogens is 1. The van der Waals surface area contributed by atoms with E-state index in [2.05, 4.69) is 17.2 Å². The number of carbonyl (C=O) groups is 1. The molecule has 5 nitrogen and oxygen atoms in total. The van der Waals surface area contributed by atoms with Crippen LogP contribution in [0.25, 0.3) is 10.9 Å². The van der Waals surface area contributed by atoms with Crippen molar-refractivity contribution in [1.82, 2.24) is 15.2 Å². The highest BCUT2D eigenvalue weighted by molar-refractivity contribution is 5.78. The van der Waals surface area contributed by atoms with Gasteiger partial charge in [-0.25, -0.2) is 0 Å². The van der Waals surface area contributed by atoms with Crippen LogP contribution in [0.1, 0.15) is 25.8 Å². The molecule has 0 aliphatic carbocycles. The summed E-state index contributed by atoms with van der Waals surface area (Å²) < 4.78 is 0. The SMILES string of the molecule is CC(=O)N1CCC(NCc2cc3ccccc3[nH]c2=O)C(C)C1. The van der Waals surface area contributed by atoms with Gasteiger partial charge in [0.05, 0.1) is 0 Å². The van der Waals surface area contributed by atoms with Crippen LogP contribution in [-0.4, -0.2) is 34.9 Å². The summed E-state index contributed by atoms with van der Waals surface area (Å²) >= 11 is 0. The Kier molecular flexibility index (Phi) is 4.48. The molecule has 2 unspecified atom stereocenters. The van der Waals surface area contributed by atoms with Crippen molar-refractivity contribution in [3.63, 3.8) is 0 Å². The fourth-order valence-electron chi connectivity index (χ4n) is 3.30. The summed E-state index contributed by atoms with van der Waals surface area (Å²) in [5.74, 6) is 0.522. The van der Waals surface area contributed by atoms with Crippen molar-refractivity contribution in [2.45, 2.75) is 32.9 Å². The summed E-state index contributed by atoms with van der Waals surface area (Å²) in [6.07, 6.45) is 0.923. The van der Waals surface area contributed by atoms with Gasteiger partial charge in [-0.15, -0.1) is 0 Å². The number of amides is 1. The molecule has 1 amide bonds. The van der Waals surface area contributed by atoms with Gasteiger partial charge >= 0.3 is 0 Å². The molecule has 1 aliphatic heterocycles. The maximum absolute atomic E-state index is 12.2. The van der Waals surface area contributed by atoms with E-state index in [1.165, 1.54) is 0 Å². The second-order valence-corrected chi connectivity index (χ2v) is 6.43. The first-order valence-corrected chi connectivity index (χ1v) is 8.14. The number of benzene rings is 1. The number of nitrogens with one attached hydrogen (secondary N) is 2. The van der Waals surface area contributed by atoms with Crippen LogP contribution in [-0.2, 0) is 11.3 Å². The predicted molar refractivity (Wildman–Crippen MR) is 91.2 cm³/mol. The van der Waals surface area contributed by atoms with E-state index in [0.29, 0.717) is 18.5 Å². The minimum absolute atomic E-state index is 0.0370. The third kappa shape index (κ3) is 3.45. The normalized spacial score (nSPS) is 21.6. The van der Waals surface area contributed by atoms with E-state index >= 15 is 0 Å². The van der Waals surface area contributed by atoms with Crippen molar-refractivity contribution in [3.8, 4) is 0 Å². The molecule has 0 bridgehead atoms. The highest BCUT2D eigenvalue weighted by Gasteiger charge is 2.26. The van der Waals surface area contributed by atoms with Crippen LogP contribution in [0, 0.1) is 5.92 Å². The smallest absolute Gasteiger partial charge is 0.252 e. The second-order valence-electron chi connectivity index (χ2n) is 6.43. The molecule has 1 aromatic carbocycles. The summed E-state index contributed by atoms with van der Waals surface area (Å²) in [4.78, 5) is 28.5. The quantitative estimate of drug-likeness (QED) is 0.909. The first kappa shape index (κ1) is 15.7. The third-order valence-electron chi connectivity index (χ3n) is 4.74. The summed E-state index contributed by atoms with van der Waals surface area (Å²) in [6, 6.07) is 10.1. The van der Waals surface area contributed by atoms with E-state index in [4.69, 9.17) is 0 Å². The molecule has 122 valence electrons. The molecule has 1 fully saturated rings. The molecule has 0 spiro atoms. The minimum Gasteiger partial charge on any atom is -0.343 e. The number of likely N-dealkylation sites (tertiary alicyclic amines) is 1. The Morgan fingerprint density at radius 3 is 2.91 bits per heavy atom. The molecule has 1 aliphatic rings. The molecular weight excluding hydrogens is 290 g/mol. The van der Waals surface area contributed by atoms with Crippen molar-refractivity contribution in [2.24, 2.45) is 5.92 Å². The van der Waals surface area contributed by atoms with Gasteiger partial charge in [-0.05, 0) is 29.9 Å². The van der Waals surface area contributed by atoms with Gasteiger partial charge in [-0.3, -0.25) is 9.59 Å². The Balaban J connectivity index is 1.68. The monoisotopic (exact) mass is 313 g/mol. The number of nitrogens with zero attached hydrogens (tertiary/aromatic N) is 1. The van der Waals surface area contributed by atoms with Gasteiger partial charge in [-0.1, -0.05) is 25.1 Å². The van der Waals surface area contributed by atoms with Gasteiger partial charge < -0.3 is 15.2 Å². The molecular formula is C18H23N3O2. The number of piperidine rings is 1. The van der Waals surface area contributed by atoms with Crippen molar-refractivity contribution in [3.05, 3.63) is 46.2 Å². The first-order valence-electron chi connectivity index (χ1n) is 8.14. The lowest BCUT2D eigenvalue weighted by molar-refractivity contribution is -0.130. The summed E-state index contributed by atoms with van der Waals surface area (Å²) in [5, 5.41) is 4.54. The average Bonchev–Trinajstić information content (AvgIpc) is 2.53. The number of aromatic nitrogens is 1. The van der Waals surface area contributed by atoms with Crippen molar-refractivity contribution in [2.75, 3.05) is 13.1 Å². The zero-order chi connectivity index (χ0) is 16.4. The maximum atomic E-state index is 12.2. The van der Waals surface area contributed by atoms with Gasteiger partial charge in [0, 0.05) is 43.7 Å². The molecule has 0 radical (unpaired) electrons. The van der Waals surface area contributed by atoms with Gasteiger partial charge in [0.15, 0.2) is 0 Å². The number of hydrogen-bond donors (Lipinski definition) is 2. The predicted octanol–water partition coefficient (Wildman–Crippen LogP) is 1.87. The van der Waals surface area contributed by atoms with Crippen LogP contribution in [0.15, 0.2) is 35.1 Å². The largest absolute Gasteiger partial charge is 0.343 e. The van der Waals surface area contributed by atoms with Gasteiger partial charge in [0.2, 0.25) is 5.91 Å². The van der Waals surface area contributed by atoms with E-state index in [1.807, 2.05) is 35.2 Å². The Labute approximate surface area is 135 Å². The topological polar surface area (TPSA) is 65.2 Å². The lowest BCUT2D eigenvalue weighted by Crippen LogP contribution is -2.49. The molecule has 0 saturated carbocycles. The van der Waals surface area contributed by atoms with Gasteiger partial charge in [-0.2, -0.15) is 0 Å². The number of pyridine rings is 1. The fourth-order valence-corrected chi connectivity index (χ4v) is 3.30. The number of hydrogen-bond acceptors (Lipinski definition) is 3. The molecule has 2 aromatic rings. The zero-order valence-electron chi connectivity index (χ0n) is 13.6. The van der Waals surface area contributed by atoms with Crippen molar-refractivity contribution in [1.29, 1.82) is 0 Å². The Hall–Kier alpha value is -2.14. The Bertz CT molecular complexity index is 768. The van der Waals surface area contributed by atoms with Crippen LogP contribution < -0.4 is 10.9 Å². The molecule has 1 saturated heterocycles. The third-order valence-corrected chi connectivity index (χ3v) is 4.74. The summed E-state index contributed by atoms with van der Waals surface area (Å²) in [7, 11) is 0.